The molecule has 0 N–H and O–H groups in total. The number of hydrogen-bond donors (Lipinski definition) is 0. The van der Waals surface area contributed by atoms with Crippen molar-refractivity contribution in [3.05, 3.63) is 46.8 Å². The summed E-state index contributed by atoms with van der Waals surface area (Å²) in [5.41, 5.74) is 0.529. The van der Waals surface area contributed by atoms with Gasteiger partial charge in [-0.1, -0.05) is 23.7 Å². The van der Waals surface area contributed by atoms with Crippen LogP contribution in [-0.2, 0) is 19.1 Å². The second-order valence-electron chi connectivity index (χ2n) is 5.35. The third-order valence-electron chi connectivity index (χ3n) is 3.14. The van der Waals surface area contributed by atoms with Crippen LogP contribution in [0.4, 0.5) is 0 Å². The number of fused-ring (bicyclic) bond motifs is 1. The molecule has 5 nitrogen and oxygen atoms in total. The fraction of sp³-hybridized carbons (Fsp3) is 0.188. The van der Waals surface area contributed by atoms with E-state index in [0.29, 0.717) is 10.7 Å². The molecule has 2 heterocycles. The van der Waals surface area contributed by atoms with Crippen LogP contribution in [-0.4, -0.2) is 22.7 Å². The monoisotopic (exact) mass is 317 g/mol. The van der Waals surface area contributed by atoms with Crippen LogP contribution < -0.4 is 0 Å². The predicted octanol–water partition coefficient (Wildman–Crippen LogP) is 3.11. The number of nitrogens with zero attached hydrogens (tertiary/aromatic N) is 1. The number of carbonyl (C=O) groups is 2. The van der Waals surface area contributed by atoms with Crippen molar-refractivity contribution >= 4 is 40.4 Å². The molecular formula is C16H12ClNO4. The van der Waals surface area contributed by atoms with Gasteiger partial charge in [0.2, 0.25) is 0 Å². The summed E-state index contributed by atoms with van der Waals surface area (Å²) in [6.07, 6.45) is 3.06. The highest BCUT2D eigenvalue weighted by Crippen LogP contribution is 2.25. The zero-order valence-corrected chi connectivity index (χ0v) is 12.7. The van der Waals surface area contributed by atoms with Crippen molar-refractivity contribution < 1.29 is 19.1 Å². The Balaban J connectivity index is 1.99. The summed E-state index contributed by atoms with van der Waals surface area (Å²) in [5.74, 6) is -2.64. The summed E-state index contributed by atoms with van der Waals surface area (Å²) in [6, 6.07) is 7.14. The molecule has 1 aromatic carbocycles. The van der Waals surface area contributed by atoms with Crippen LogP contribution in [0.25, 0.3) is 16.8 Å². The Labute approximate surface area is 131 Å². The van der Waals surface area contributed by atoms with Gasteiger partial charge < -0.3 is 9.47 Å². The minimum Gasteiger partial charge on any atom is -0.419 e. The minimum atomic E-state index is -1.24. The molecule has 1 aliphatic heterocycles. The molecule has 0 saturated carbocycles. The molecule has 0 amide bonds. The van der Waals surface area contributed by atoms with Gasteiger partial charge in [-0.25, -0.2) is 14.6 Å². The zero-order valence-electron chi connectivity index (χ0n) is 11.9. The molecule has 1 aromatic heterocycles. The average Bonchev–Trinajstić information content (AvgIpc) is 2.42. The first-order valence-electron chi connectivity index (χ1n) is 6.58. The van der Waals surface area contributed by atoms with Gasteiger partial charge in [0, 0.05) is 25.4 Å². The number of cyclic esters (lactones) is 2. The van der Waals surface area contributed by atoms with Gasteiger partial charge in [-0.05, 0) is 29.2 Å². The van der Waals surface area contributed by atoms with Gasteiger partial charge in [0.1, 0.15) is 10.7 Å². The number of carbonyl (C=O) groups excluding carboxylic acids is 2. The van der Waals surface area contributed by atoms with E-state index in [-0.39, 0.29) is 5.57 Å². The molecule has 0 bridgehead atoms. The van der Waals surface area contributed by atoms with Crippen LogP contribution in [0, 0.1) is 0 Å². The fourth-order valence-electron chi connectivity index (χ4n) is 2.17. The van der Waals surface area contributed by atoms with E-state index in [1.54, 1.807) is 24.4 Å². The van der Waals surface area contributed by atoms with Crippen molar-refractivity contribution in [1.82, 2.24) is 4.98 Å². The molecule has 0 radical (unpaired) electrons. The molecule has 3 rings (SSSR count). The van der Waals surface area contributed by atoms with Crippen LogP contribution in [0.15, 0.2) is 36.0 Å². The van der Waals surface area contributed by atoms with E-state index in [9.17, 15) is 9.59 Å². The van der Waals surface area contributed by atoms with Crippen molar-refractivity contribution in [2.24, 2.45) is 0 Å². The van der Waals surface area contributed by atoms with Crippen LogP contribution in [0.5, 0.6) is 0 Å². The maximum atomic E-state index is 11.9. The normalized spacial score (nSPS) is 17.1. The molecule has 1 saturated heterocycles. The smallest absolute Gasteiger partial charge is 0.348 e. The first-order chi connectivity index (χ1) is 10.3. The summed E-state index contributed by atoms with van der Waals surface area (Å²) in [7, 11) is 0. The van der Waals surface area contributed by atoms with E-state index < -0.39 is 17.7 Å². The third-order valence-corrected chi connectivity index (χ3v) is 3.35. The average molecular weight is 318 g/mol. The van der Waals surface area contributed by atoms with Crippen LogP contribution in [0.1, 0.15) is 19.4 Å². The lowest BCUT2D eigenvalue weighted by atomic mass is 10.1. The number of hydrogen-bond acceptors (Lipinski definition) is 5. The lowest BCUT2D eigenvalue weighted by Crippen LogP contribution is -2.41. The van der Waals surface area contributed by atoms with Crippen molar-refractivity contribution in [3.8, 4) is 0 Å². The van der Waals surface area contributed by atoms with Crippen LogP contribution >= 0.6 is 11.6 Å². The van der Waals surface area contributed by atoms with E-state index >= 15 is 0 Å². The Kier molecular flexibility index (Phi) is 3.37. The number of rotatable bonds is 1. The van der Waals surface area contributed by atoms with Crippen molar-refractivity contribution in [1.29, 1.82) is 0 Å². The second-order valence-corrected chi connectivity index (χ2v) is 5.74. The molecule has 0 aliphatic carbocycles. The van der Waals surface area contributed by atoms with Gasteiger partial charge in [0.15, 0.2) is 0 Å². The van der Waals surface area contributed by atoms with Gasteiger partial charge >= 0.3 is 11.9 Å². The first kappa shape index (κ1) is 14.5. The minimum absolute atomic E-state index is 0.138. The molecule has 0 spiro atoms. The zero-order chi connectivity index (χ0) is 15.9. The van der Waals surface area contributed by atoms with Gasteiger partial charge in [-0.15, -0.1) is 0 Å². The Bertz CT molecular complexity index is 804. The fourth-order valence-corrected chi connectivity index (χ4v) is 2.33. The van der Waals surface area contributed by atoms with E-state index in [2.05, 4.69) is 4.98 Å². The highest BCUT2D eigenvalue weighted by atomic mass is 35.5. The molecule has 1 aliphatic rings. The summed E-state index contributed by atoms with van der Waals surface area (Å²) < 4.78 is 10.1. The lowest BCUT2D eigenvalue weighted by molar-refractivity contribution is -0.222. The molecule has 1 fully saturated rings. The highest BCUT2D eigenvalue weighted by Gasteiger charge is 2.38. The van der Waals surface area contributed by atoms with Gasteiger partial charge in [0.05, 0.1) is 0 Å². The number of pyridine rings is 1. The third kappa shape index (κ3) is 2.80. The van der Waals surface area contributed by atoms with E-state index in [0.717, 1.165) is 10.8 Å². The Morgan fingerprint density at radius 1 is 1.09 bits per heavy atom. The van der Waals surface area contributed by atoms with E-state index in [1.807, 2.05) is 6.07 Å². The molecular weight excluding hydrogens is 306 g/mol. The Morgan fingerprint density at radius 2 is 1.77 bits per heavy atom. The lowest BCUT2D eigenvalue weighted by Gasteiger charge is -2.29. The van der Waals surface area contributed by atoms with Gasteiger partial charge in [-0.2, -0.15) is 0 Å². The van der Waals surface area contributed by atoms with Crippen molar-refractivity contribution in [3.63, 3.8) is 0 Å². The Morgan fingerprint density at radius 3 is 2.45 bits per heavy atom. The standard InChI is InChI=1S/C16H12ClNO4/c1-16(2)21-14(19)12(15(20)22-16)6-9-3-4-10-7-13(17)18-8-11(10)5-9/h3-8H,1-2H3. The number of halogens is 1. The van der Waals surface area contributed by atoms with Crippen molar-refractivity contribution in [2.45, 2.75) is 19.6 Å². The Hall–Kier alpha value is -2.40. The predicted molar refractivity (Wildman–Crippen MR) is 81.0 cm³/mol. The number of benzene rings is 1. The first-order valence-corrected chi connectivity index (χ1v) is 6.95. The number of aromatic nitrogens is 1. The van der Waals surface area contributed by atoms with Crippen molar-refractivity contribution in [2.75, 3.05) is 0 Å². The summed E-state index contributed by atoms with van der Waals surface area (Å²) >= 11 is 5.83. The van der Waals surface area contributed by atoms with E-state index in [1.165, 1.54) is 19.9 Å². The van der Waals surface area contributed by atoms with E-state index in [4.69, 9.17) is 21.1 Å². The van der Waals surface area contributed by atoms with Crippen LogP contribution in [0.2, 0.25) is 5.15 Å². The number of ether oxygens (including phenoxy) is 2. The maximum absolute atomic E-state index is 11.9. The summed E-state index contributed by atoms with van der Waals surface area (Å²) in [6.45, 7) is 3.01. The molecule has 2 aromatic rings. The summed E-state index contributed by atoms with van der Waals surface area (Å²) in [4.78, 5) is 27.8. The largest absolute Gasteiger partial charge is 0.419 e. The van der Waals surface area contributed by atoms with Gasteiger partial charge in [-0.3, -0.25) is 0 Å². The second kappa shape index (κ2) is 5.10. The topological polar surface area (TPSA) is 65.5 Å². The molecule has 0 atom stereocenters. The maximum Gasteiger partial charge on any atom is 0.348 e. The molecule has 22 heavy (non-hydrogen) atoms. The van der Waals surface area contributed by atoms with Gasteiger partial charge in [0.25, 0.3) is 5.79 Å². The molecule has 112 valence electrons. The number of esters is 2. The van der Waals surface area contributed by atoms with Crippen LogP contribution in [0.3, 0.4) is 0 Å². The highest BCUT2D eigenvalue weighted by molar-refractivity contribution is 6.30. The summed E-state index contributed by atoms with van der Waals surface area (Å²) in [5, 5.41) is 2.16. The molecule has 0 unspecified atom stereocenters. The molecule has 6 heteroatoms. The SMILES string of the molecule is CC1(C)OC(=O)C(=Cc2ccc3cc(Cl)ncc3c2)C(=O)O1. The quantitative estimate of drug-likeness (QED) is 0.350.